The van der Waals surface area contributed by atoms with Crippen LogP contribution < -0.4 is 5.73 Å². The van der Waals surface area contributed by atoms with Gasteiger partial charge in [-0.2, -0.15) is 4.31 Å². The highest BCUT2D eigenvalue weighted by Gasteiger charge is 2.52. The number of halogens is 1. The van der Waals surface area contributed by atoms with Crippen molar-refractivity contribution in [3.8, 4) is 0 Å². The highest BCUT2D eigenvalue weighted by Crippen LogP contribution is 2.49. The number of methoxy groups -OCH3 is 1. The standard InChI is InChI=1S/C16H22N2O4S.ClH/c1-22-15(19)16(8-9-16)12-4-6-14(7-5-12)23(20,21)18-10-2-3-13(17)11-18;/h4-7,13H,2-3,8-11,17H2,1H3;1H. The van der Waals surface area contributed by atoms with Gasteiger partial charge in [0.15, 0.2) is 0 Å². The van der Waals surface area contributed by atoms with E-state index in [4.69, 9.17) is 10.5 Å². The van der Waals surface area contributed by atoms with Crippen LogP contribution in [0, 0.1) is 0 Å². The lowest BCUT2D eigenvalue weighted by Crippen LogP contribution is -2.45. The number of nitrogens with zero attached hydrogens (tertiary/aromatic N) is 1. The van der Waals surface area contributed by atoms with Gasteiger partial charge in [0.2, 0.25) is 10.0 Å². The topological polar surface area (TPSA) is 89.7 Å². The summed E-state index contributed by atoms with van der Waals surface area (Å²) in [6, 6.07) is 6.50. The molecule has 1 aromatic rings. The first-order valence-electron chi connectivity index (χ1n) is 7.85. The Balaban J connectivity index is 0.00000208. The van der Waals surface area contributed by atoms with Crippen molar-refractivity contribution in [3.05, 3.63) is 29.8 Å². The fraction of sp³-hybridized carbons (Fsp3) is 0.562. The zero-order valence-electron chi connectivity index (χ0n) is 13.6. The second-order valence-corrected chi connectivity index (χ2v) is 8.30. The summed E-state index contributed by atoms with van der Waals surface area (Å²) >= 11 is 0. The lowest BCUT2D eigenvalue weighted by atomic mass is 9.96. The third-order valence-electron chi connectivity index (χ3n) is 4.79. The molecule has 2 N–H and O–H groups in total. The Bertz CT molecular complexity index is 701. The predicted molar refractivity (Wildman–Crippen MR) is 92.6 cm³/mol. The van der Waals surface area contributed by atoms with E-state index in [0.29, 0.717) is 13.1 Å². The van der Waals surface area contributed by atoms with Gasteiger partial charge in [-0.1, -0.05) is 12.1 Å². The quantitative estimate of drug-likeness (QED) is 0.805. The molecule has 1 saturated carbocycles. The van der Waals surface area contributed by atoms with E-state index in [1.807, 2.05) is 0 Å². The number of esters is 1. The van der Waals surface area contributed by atoms with Crippen LogP contribution in [0.4, 0.5) is 0 Å². The average Bonchev–Trinajstić information content (AvgIpc) is 3.36. The molecule has 1 saturated heterocycles. The molecule has 1 unspecified atom stereocenters. The SMILES string of the molecule is COC(=O)C1(c2ccc(S(=O)(=O)N3CCCC(N)C3)cc2)CC1.Cl. The summed E-state index contributed by atoms with van der Waals surface area (Å²) in [5.41, 5.74) is 6.12. The van der Waals surface area contributed by atoms with Gasteiger partial charge in [-0.25, -0.2) is 8.42 Å². The molecule has 0 aromatic heterocycles. The Labute approximate surface area is 148 Å². The van der Waals surface area contributed by atoms with Gasteiger partial charge in [-0.3, -0.25) is 4.79 Å². The molecule has 3 rings (SSSR count). The molecule has 0 spiro atoms. The number of ether oxygens (including phenoxy) is 1. The normalized spacial score (nSPS) is 23.2. The number of hydrogen-bond acceptors (Lipinski definition) is 5. The first kappa shape index (κ1) is 19.2. The molecule has 1 aliphatic carbocycles. The number of carbonyl (C=O) groups excluding carboxylic acids is 1. The molecule has 0 radical (unpaired) electrons. The Hall–Kier alpha value is -1.15. The van der Waals surface area contributed by atoms with Gasteiger partial charge in [-0.05, 0) is 43.4 Å². The van der Waals surface area contributed by atoms with Crippen molar-refractivity contribution in [2.24, 2.45) is 5.73 Å². The molecule has 24 heavy (non-hydrogen) atoms. The molecule has 1 aliphatic heterocycles. The maximum absolute atomic E-state index is 12.7. The Morgan fingerprint density at radius 3 is 2.42 bits per heavy atom. The van der Waals surface area contributed by atoms with Crippen LogP contribution in [-0.2, 0) is 25.0 Å². The van der Waals surface area contributed by atoms with Crippen molar-refractivity contribution in [3.63, 3.8) is 0 Å². The van der Waals surface area contributed by atoms with Crippen molar-refractivity contribution in [1.29, 1.82) is 0 Å². The first-order chi connectivity index (χ1) is 10.9. The van der Waals surface area contributed by atoms with E-state index < -0.39 is 15.4 Å². The predicted octanol–water partition coefficient (Wildman–Crippen LogP) is 1.42. The van der Waals surface area contributed by atoms with Crippen LogP contribution in [0.2, 0.25) is 0 Å². The van der Waals surface area contributed by atoms with Crippen LogP contribution >= 0.6 is 12.4 Å². The Morgan fingerprint density at radius 1 is 1.29 bits per heavy atom. The Morgan fingerprint density at radius 2 is 1.92 bits per heavy atom. The van der Waals surface area contributed by atoms with Gasteiger partial charge in [-0.15, -0.1) is 12.4 Å². The zero-order valence-corrected chi connectivity index (χ0v) is 15.2. The smallest absolute Gasteiger partial charge is 0.316 e. The summed E-state index contributed by atoms with van der Waals surface area (Å²) in [6.45, 7) is 0.861. The lowest BCUT2D eigenvalue weighted by Gasteiger charge is -2.30. The maximum atomic E-state index is 12.7. The minimum Gasteiger partial charge on any atom is -0.468 e. The van der Waals surface area contributed by atoms with Crippen LogP contribution in [0.3, 0.4) is 0 Å². The molecule has 6 nitrogen and oxygen atoms in total. The summed E-state index contributed by atoms with van der Waals surface area (Å²) in [7, 11) is -2.15. The number of carbonyl (C=O) groups is 1. The van der Waals surface area contributed by atoms with Crippen molar-refractivity contribution < 1.29 is 17.9 Å². The first-order valence-corrected chi connectivity index (χ1v) is 9.29. The van der Waals surface area contributed by atoms with E-state index >= 15 is 0 Å². The van der Waals surface area contributed by atoms with E-state index in [9.17, 15) is 13.2 Å². The maximum Gasteiger partial charge on any atom is 0.316 e. The van der Waals surface area contributed by atoms with E-state index in [1.54, 1.807) is 24.3 Å². The summed E-state index contributed by atoms with van der Waals surface area (Å²) in [4.78, 5) is 12.1. The minimum atomic E-state index is -3.53. The lowest BCUT2D eigenvalue weighted by molar-refractivity contribution is -0.143. The van der Waals surface area contributed by atoms with Crippen LogP contribution in [0.5, 0.6) is 0 Å². The van der Waals surface area contributed by atoms with Crippen molar-refractivity contribution in [1.82, 2.24) is 4.31 Å². The third-order valence-corrected chi connectivity index (χ3v) is 6.67. The molecule has 0 amide bonds. The van der Waals surface area contributed by atoms with Crippen LogP contribution in [0.1, 0.15) is 31.2 Å². The second kappa shape index (κ2) is 7.00. The van der Waals surface area contributed by atoms with Gasteiger partial charge in [0.25, 0.3) is 0 Å². The molecule has 1 aromatic carbocycles. The van der Waals surface area contributed by atoms with E-state index in [1.165, 1.54) is 11.4 Å². The minimum absolute atomic E-state index is 0. The van der Waals surface area contributed by atoms with Gasteiger partial charge in [0.05, 0.1) is 17.4 Å². The van der Waals surface area contributed by atoms with E-state index in [0.717, 1.165) is 31.2 Å². The van der Waals surface area contributed by atoms with Gasteiger partial charge in [0, 0.05) is 19.1 Å². The largest absolute Gasteiger partial charge is 0.468 e. The zero-order chi connectivity index (χ0) is 16.7. The van der Waals surface area contributed by atoms with Crippen LogP contribution in [0.25, 0.3) is 0 Å². The molecule has 1 atom stereocenters. The fourth-order valence-corrected chi connectivity index (χ4v) is 4.75. The summed E-state index contributed by atoms with van der Waals surface area (Å²) < 4.78 is 31.7. The average molecular weight is 375 g/mol. The fourth-order valence-electron chi connectivity index (χ4n) is 3.22. The number of nitrogens with two attached hydrogens (primary N) is 1. The number of piperidine rings is 1. The summed E-state index contributed by atoms with van der Waals surface area (Å²) in [5.74, 6) is -0.255. The monoisotopic (exact) mass is 374 g/mol. The summed E-state index contributed by atoms with van der Waals surface area (Å²) in [6.07, 6.45) is 3.12. The van der Waals surface area contributed by atoms with Crippen LogP contribution in [0.15, 0.2) is 29.2 Å². The third kappa shape index (κ3) is 3.31. The molecule has 8 heteroatoms. The highest BCUT2D eigenvalue weighted by molar-refractivity contribution is 7.89. The van der Waals surface area contributed by atoms with Crippen LogP contribution in [-0.4, -0.2) is 44.9 Å². The van der Waals surface area contributed by atoms with Crippen molar-refractivity contribution in [2.45, 2.75) is 42.0 Å². The highest BCUT2D eigenvalue weighted by atomic mass is 35.5. The van der Waals surface area contributed by atoms with E-state index in [2.05, 4.69) is 0 Å². The molecule has 134 valence electrons. The second-order valence-electron chi connectivity index (χ2n) is 6.36. The Kier molecular flexibility index (Phi) is 5.59. The molecule has 2 aliphatic rings. The van der Waals surface area contributed by atoms with Crippen molar-refractivity contribution >= 4 is 28.4 Å². The van der Waals surface area contributed by atoms with Gasteiger partial charge in [0.1, 0.15) is 0 Å². The molecule has 2 fully saturated rings. The molecule has 1 heterocycles. The van der Waals surface area contributed by atoms with Gasteiger partial charge < -0.3 is 10.5 Å². The molecule has 0 bridgehead atoms. The van der Waals surface area contributed by atoms with E-state index in [-0.39, 0.29) is 29.3 Å². The molecular weight excluding hydrogens is 352 g/mol. The number of hydrogen-bond donors (Lipinski definition) is 1. The number of benzene rings is 1. The molecular formula is C16H23ClN2O4S. The summed E-state index contributed by atoms with van der Waals surface area (Å²) in [5, 5.41) is 0. The number of sulfonamides is 1. The van der Waals surface area contributed by atoms with Crippen molar-refractivity contribution in [2.75, 3.05) is 20.2 Å². The number of rotatable bonds is 4. The van der Waals surface area contributed by atoms with Gasteiger partial charge >= 0.3 is 5.97 Å².